The maximum absolute atomic E-state index is 9.12. The lowest BCUT2D eigenvalue weighted by molar-refractivity contribution is 0.218. The SMILES string of the molecule is CC(C)(CO)c1ccc(CO)cc1. The van der Waals surface area contributed by atoms with Gasteiger partial charge in [0.25, 0.3) is 0 Å². The zero-order valence-corrected chi connectivity index (χ0v) is 8.12. The van der Waals surface area contributed by atoms with Crippen molar-refractivity contribution >= 4 is 0 Å². The van der Waals surface area contributed by atoms with E-state index in [2.05, 4.69) is 0 Å². The van der Waals surface area contributed by atoms with E-state index in [1.54, 1.807) is 0 Å². The lowest BCUT2D eigenvalue weighted by Crippen LogP contribution is -2.21. The molecular weight excluding hydrogens is 164 g/mol. The molecule has 0 atom stereocenters. The van der Waals surface area contributed by atoms with Crippen LogP contribution < -0.4 is 0 Å². The Morgan fingerprint density at radius 1 is 1.08 bits per heavy atom. The molecule has 0 bridgehead atoms. The van der Waals surface area contributed by atoms with Gasteiger partial charge in [-0.05, 0) is 11.1 Å². The normalized spacial score (nSPS) is 11.7. The van der Waals surface area contributed by atoms with Gasteiger partial charge >= 0.3 is 0 Å². The first kappa shape index (κ1) is 10.2. The van der Waals surface area contributed by atoms with Gasteiger partial charge < -0.3 is 10.2 Å². The van der Waals surface area contributed by atoms with Crippen molar-refractivity contribution in [2.24, 2.45) is 0 Å². The summed E-state index contributed by atoms with van der Waals surface area (Å²) in [5.41, 5.74) is 1.79. The van der Waals surface area contributed by atoms with E-state index in [1.807, 2.05) is 38.1 Å². The largest absolute Gasteiger partial charge is 0.395 e. The highest BCUT2D eigenvalue weighted by molar-refractivity contribution is 5.27. The number of aliphatic hydroxyl groups excluding tert-OH is 2. The van der Waals surface area contributed by atoms with Crippen LogP contribution in [0.4, 0.5) is 0 Å². The molecule has 0 aromatic heterocycles. The van der Waals surface area contributed by atoms with E-state index in [4.69, 9.17) is 10.2 Å². The molecule has 2 nitrogen and oxygen atoms in total. The molecule has 0 aliphatic rings. The molecule has 0 radical (unpaired) electrons. The van der Waals surface area contributed by atoms with Crippen LogP contribution in [0.1, 0.15) is 25.0 Å². The van der Waals surface area contributed by atoms with Gasteiger partial charge in [0, 0.05) is 5.41 Å². The second-order valence-electron chi connectivity index (χ2n) is 3.90. The zero-order valence-electron chi connectivity index (χ0n) is 8.12. The quantitative estimate of drug-likeness (QED) is 0.739. The molecule has 1 rings (SSSR count). The average Bonchev–Trinajstić information content (AvgIpc) is 2.18. The summed E-state index contributed by atoms with van der Waals surface area (Å²) in [6.45, 7) is 4.17. The van der Waals surface area contributed by atoms with Crippen LogP contribution >= 0.6 is 0 Å². The third kappa shape index (κ3) is 2.29. The third-order valence-electron chi connectivity index (χ3n) is 2.31. The first-order valence-corrected chi connectivity index (χ1v) is 4.41. The molecule has 0 fully saturated rings. The molecule has 0 saturated carbocycles. The Balaban J connectivity index is 2.92. The number of rotatable bonds is 3. The predicted molar refractivity (Wildman–Crippen MR) is 52.5 cm³/mol. The fraction of sp³-hybridized carbons (Fsp3) is 0.455. The number of hydrogen-bond acceptors (Lipinski definition) is 2. The summed E-state index contributed by atoms with van der Waals surface area (Å²) < 4.78 is 0. The van der Waals surface area contributed by atoms with E-state index in [-0.39, 0.29) is 18.6 Å². The first-order valence-electron chi connectivity index (χ1n) is 4.41. The number of benzene rings is 1. The summed E-state index contributed by atoms with van der Waals surface area (Å²) in [6.07, 6.45) is 0. The number of aliphatic hydroxyl groups is 2. The van der Waals surface area contributed by atoms with Crippen molar-refractivity contribution in [1.82, 2.24) is 0 Å². The van der Waals surface area contributed by atoms with Gasteiger partial charge in [-0.15, -0.1) is 0 Å². The van der Waals surface area contributed by atoms with Gasteiger partial charge in [0.05, 0.1) is 13.2 Å². The molecule has 0 spiro atoms. The molecule has 2 N–H and O–H groups in total. The molecule has 72 valence electrons. The van der Waals surface area contributed by atoms with Gasteiger partial charge in [-0.3, -0.25) is 0 Å². The molecule has 2 heteroatoms. The first-order chi connectivity index (χ1) is 6.10. The van der Waals surface area contributed by atoms with E-state index in [9.17, 15) is 0 Å². The van der Waals surface area contributed by atoms with Crippen LogP contribution in [-0.2, 0) is 12.0 Å². The van der Waals surface area contributed by atoms with E-state index in [0.29, 0.717) is 0 Å². The molecule has 0 heterocycles. The van der Waals surface area contributed by atoms with Gasteiger partial charge in [0.2, 0.25) is 0 Å². The van der Waals surface area contributed by atoms with Crippen molar-refractivity contribution in [2.75, 3.05) is 6.61 Å². The van der Waals surface area contributed by atoms with E-state index >= 15 is 0 Å². The van der Waals surface area contributed by atoms with Crippen molar-refractivity contribution in [3.63, 3.8) is 0 Å². The van der Waals surface area contributed by atoms with Gasteiger partial charge in [0.15, 0.2) is 0 Å². The summed E-state index contributed by atoms with van der Waals surface area (Å²) in [5, 5.41) is 18.0. The molecule has 1 aromatic rings. The van der Waals surface area contributed by atoms with Crippen LogP contribution in [0.2, 0.25) is 0 Å². The maximum Gasteiger partial charge on any atom is 0.0681 e. The molecular formula is C11H16O2. The van der Waals surface area contributed by atoms with E-state index in [1.165, 1.54) is 0 Å². The van der Waals surface area contributed by atoms with E-state index in [0.717, 1.165) is 11.1 Å². The Kier molecular flexibility index (Phi) is 3.07. The lowest BCUT2D eigenvalue weighted by atomic mass is 9.85. The maximum atomic E-state index is 9.12. The standard InChI is InChI=1S/C11H16O2/c1-11(2,8-13)10-5-3-9(7-12)4-6-10/h3-6,12-13H,7-8H2,1-2H3. The number of hydrogen-bond donors (Lipinski definition) is 2. The highest BCUT2D eigenvalue weighted by Gasteiger charge is 2.18. The Morgan fingerprint density at radius 2 is 1.62 bits per heavy atom. The van der Waals surface area contributed by atoms with Gasteiger partial charge in [-0.25, -0.2) is 0 Å². The van der Waals surface area contributed by atoms with Crippen molar-refractivity contribution in [1.29, 1.82) is 0 Å². The molecule has 0 aliphatic heterocycles. The topological polar surface area (TPSA) is 40.5 Å². The van der Waals surface area contributed by atoms with Crippen LogP contribution in [0, 0.1) is 0 Å². The molecule has 0 saturated heterocycles. The summed E-state index contributed by atoms with van der Waals surface area (Å²) in [7, 11) is 0. The minimum Gasteiger partial charge on any atom is -0.395 e. The smallest absolute Gasteiger partial charge is 0.0681 e. The summed E-state index contributed by atoms with van der Waals surface area (Å²) in [5.74, 6) is 0. The highest BCUT2D eigenvalue weighted by atomic mass is 16.3. The fourth-order valence-electron chi connectivity index (χ4n) is 1.15. The van der Waals surface area contributed by atoms with Gasteiger partial charge in [-0.2, -0.15) is 0 Å². The van der Waals surface area contributed by atoms with Crippen molar-refractivity contribution in [3.8, 4) is 0 Å². The van der Waals surface area contributed by atoms with Gasteiger partial charge in [0.1, 0.15) is 0 Å². The Morgan fingerprint density at radius 3 is 2.00 bits per heavy atom. The second kappa shape index (κ2) is 3.90. The van der Waals surface area contributed by atoms with Crippen LogP contribution in [0.5, 0.6) is 0 Å². The van der Waals surface area contributed by atoms with E-state index < -0.39 is 0 Å². The predicted octanol–water partition coefficient (Wildman–Crippen LogP) is 1.45. The molecule has 13 heavy (non-hydrogen) atoms. The van der Waals surface area contributed by atoms with Crippen molar-refractivity contribution < 1.29 is 10.2 Å². The van der Waals surface area contributed by atoms with Crippen molar-refractivity contribution in [3.05, 3.63) is 35.4 Å². The average molecular weight is 180 g/mol. The third-order valence-corrected chi connectivity index (χ3v) is 2.31. The van der Waals surface area contributed by atoms with Crippen LogP contribution in [0.25, 0.3) is 0 Å². The van der Waals surface area contributed by atoms with Crippen LogP contribution in [0.15, 0.2) is 24.3 Å². The van der Waals surface area contributed by atoms with Crippen LogP contribution in [0.3, 0.4) is 0 Å². The Bertz CT molecular complexity index is 262. The minimum absolute atomic E-state index is 0.0693. The molecule has 0 amide bonds. The summed E-state index contributed by atoms with van der Waals surface area (Å²) >= 11 is 0. The molecule has 1 aromatic carbocycles. The lowest BCUT2D eigenvalue weighted by Gasteiger charge is -2.22. The fourth-order valence-corrected chi connectivity index (χ4v) is 1.15. The zero-order chi connectivity index (χ0) is 9.90. The van der Waals surface area contributed by atoms with Gasteiger partial charge in [-0.1, -0.05) is 38.1 Å². The molecule has 0 unspecified atom stereocenters. The Hall–Kier alpha value is -0.860. The molecule has 0 aliphatic carbocycles. The minimum atomic E-state index is -0.200. The summed E-state index contributed by atoms with van der Waals surface area (Å²) in [6, 6.07) is 7.66. The monoisotopic (exact) mass is 180 g/mol. The van der Waals surface area contributed by atoms with Crippen molar-refractivity contribution in [2.45, 2.75) is 25.9 Å². The highest BCUT2D eigenvalue weighted by Crippen LogP contribution is 2.22. The summed E-state index contributed by atoms with van der Waals surface area (Å²) in [4.78, 5) is 0. The van der Waals surface area contributed by atoms with Crippen LogP contribution in [-0.4, -0.2) is 16.8 Å². The Labute approximate surface area is 78.8 Å². The second-order valence-corrected chi connectivity index (χ2v) is 3.90.